The molecule has 4 rings (SSSR count). The van der Waals surface area contributed by atoms with E-state index in [1.54, 1.807) is 14.1 Å². The van der Waals surface area contributed by atoms with Gasteiger partial charge in [-0.05, 0) is 38.0 Å². The minimum absolute atomic E-state index is 0.0145. The second-order valence-electron chi connectivity index (χ2n) is 10.5. The smallest absolute Gasteiger partial charge is 0.318 e. The number of hydrogen-bond donors (Lipinski definition) is 2. The van der Waals surface area contributed by atoms with Gasteiger partial charge in [0.15, 0.2) is 0 Å². The van der Waals surface area contributed by atoms with Crippen LogP contribution in [0, 0.1) is 12.3 Å². The Balaban J connectivity index is 1.65. The molecule has 1 fully saturated rings. The van der Waals surface area contributed by atoms with Crippen molar-refractivity contribution >= 4 is 35.2 Å². The number of fused-ring (bicyclic) bond motifs is 1. The lowest BCUT2D eigenvalue weighted by Crippen LogP contribution is -2.54. The fourth-order valence-corrected chi connectivity index (χ4v) is 5.46. The molecule has 214 valence electrons. The van der Waals surface area contributed by atoms with Gasteiger partial charge < -0.3 is 35.5 Å². The minimum atomic E-state index is -0.0709. The molecule has 2 aliphatic rings. The summed E-state index contributed by atoms with van der Waals surface area (Å²) >= 11 is 0. The average molecular weight is 549 g/mol. The van der Waals surface area contributed by atoms with Gasteiger partial charge in [-0.25, -0.2) is 0 Å². The van der Waals surface area contributed by atoms with Crippen LogP contribution in [0.4, 0.5) is 17.2 Å². The van der Waals surface area contributed by atoms with Crippen molar-refractivity contribution in [2.45, 2.75) is 39.2 Å². The first kappa shape index (κ1) is 28.8. The van der Waals surface area contributed by atoms with Gasteiger partial charge >= 0.3 is 6.01 Å². The largest absolute Gasteiger partial charge is 0.463 e. The topological polar surface area (TPSA) is 132 Å². The number of nitrogens with zero attached hydrogens (tertiary/aromatic N) is 6. The summed E-state index contributed by atoms with van der Waals surface area (Å²) in [6.07, 6.45) is 4.29. The van der Waals surface area contributed by atoms with Gasteiger partial charge in [-0.3, -0.25) is 9.59 Å². The number of hydrogen-bond acceptors (Lipinski definition) is 9. The van der Waals surface area contributed by atoms with Crippen LogP contribution in [-0.4, -0.2) is 97.3 Å². The SMILES string of the molecule is C=CC(=O)N1CCN(c2nc(OCCC(=O)N(C)C)nc3c2CCN(c2c(C)ccc(N)c2C=N)CC3)C[C@H]1C. The van der Waals surface area contributed by atoms with Crippen molar-refractivity contribution in [3.8, 4) is 6.01 Å². The molecular weight excluding hydrogens is 508 g/mol. The normalized spacial score (nSPS) is 17.1. The molecule has 2 amide bonds. The van der Waals surface area contributed by atoms with E-state index in [-0.39, 0.29) is 36.9 Å². The van der Waals surface area contributed by atoms with E-state index >= 15 is 0 Å². The number of ether oxygens (including phenoxy) is 1. The minimum Gasteiger partial charge on any atom is -0.463 e. The molecule has 0 spiro atoms. The zero-order valence-corrected chi connectivity index (χ0v) is 23.9. The predicted octanol–water partition coefficient (Wildman–Crippen LogP) is 2.05. The molecule has 0 aliphatic carbocycles. The summed E-state index contributed by atoms with van der Waals surface area (Å²) in [4.78, 5) is 41.9. The zero-order chi connectivity index (χ0) is 29.0. The number of benzene rings is 1. The first-order chi connectivity index (χ1) is 19.1. The van der Waals surface area contributed by atoms with Crippen LogP contribution < -0.4 is 20.3 Å². The lowest BCUT2D eigenvalue weighted by atomic mass is 10.0. The molecule has 1 saturated heterocycles. The van der Waals surface area contributed by atoms with E-state index in [1.807, 2.05) is 30.9 Å². The van der Waals surface area contributed by atoms with Gasteiger partial charge in [-0.15, -0.1) is 0 Å². The van der Waals surface area contributed by atoms with Gasteiger partial charge in [0.1, 0.15) is 12.4 Å². The molecule has 3 heterocycles. The molecule has 11 nitrogen and oxygen atoms in total. The molecule has 0 bridgehead atoms. The fraction of sp³-hybridized carbons (Fsp3) is 0.483. The molecule has 3 N–H and O–H groups in total. The lowest BCUT2D eigenvalue weighted by molar-refractivity contribution is -0.129. The van der Waals surface area contributed by atoms with E-state index in [4.69, 9.17) is 25.8 Å². The van der Waals surface area contributed by atoms with Crippen LogP contribution in [0.25, 0.3) is 0 Å². The van der Waals surface area contributed by atoms with E-state index in [0.29, 0.717) is 44.7 Å². The zero-order valence-electron chi connectivity index (χ0n) is 23.9. The van der Waals surface area contributed by atoms with Crippen molar-refractivity contribution in [2.24, 2.45) is 0 Å². The third kappa shape index (κ3) is 6.03. The summed E-state index contributed by atoms with van der Waals surface area (Å²) in [5, 5.41) is 7.98. The van der Waals surface area contributed by atoms with Crippen LogP contribution in [0.3, 0.4) is 0 Å². The molecule has 1 atom stereocenters. The molecule has 11 heteroatoms. The van der Waals surface area contributed by atoms with E-state index in [0.717, 1.165) is 40.4 Å². The summed E-state index contributed by atoms with van der Waals surface area (Å²) < 4.78 is 5.92. The molecule has 2 aliphatic heterocycles. The predicted molar refractivity (Wildman–Crippen MR) is 158 cm³/mol. The highest BCUT2D eigenvalue weighted by molar-refractivity contribution is 5.94. The van der Waals surface area contributed by atoms with Gasteiger partial charge in [-0.2, -0.15) is 9.97 Å². The number of rotatable bonds is 8. The summed E-state index contributed by atoms with van der Waals surface area (Å²) in [7, 11) is 3.43. The van der Waals surface area contributed by atoms with Gasteiger partial charge in [0.25, 0.3) is 0 Å². The van der Waals surface area contributed by atoms with Gasteiger partial charge in [0.2, 0.25) is 11.8 Å². The average Bonchev–Trinajstić information content (AvgIpc) is 3.15. The van der Waals surface area contributed by atoms with Crippen LogP contribution in [0.2, 0.25) is 0 Å². The molecule has 0 unspecified atom stereocenters. The van der Waals surface area contributed by atoms with E-state index < -0.39 is 0 Å². The number of carbonyl (C=O) groups excluding carboxylic acids is 2. The number of piperazine rings is 1. The third-order valence-electron chi connectivity index (χ3n) is 7.64. The number of aryl methyl sites for hydroxylation is 1. The Morgan fingerprint density at radius 2 is 1.93 bits per heavy atom. The van der Waals surface area contributed by atoms with Gasteiger partial charge in [0, 0.05) is 82.3 Å². The monoisotopic (exact) mass is 548 g/mol. The molecule has 2 aromatic rings. The van der Waals surface area contributed by atoms with E-state index in [9.17, 15) is 9.59 Å². The number of aromatic nitrogens is 2. The van der Waals surface area contributed by atoms with Crippen molar-refractivity contribution in [1.82, 2.24) is 19.8 Å². The molecule has 0 saturated carbocycles. The second-order valence-corrected chi connectivity index (χ2v) is 10.5. The summed E-state index contributed by atoms with van der Waals surface area (Å²) in [5.74, 6) is 0.718. The van der Waals surface area contributed by atoms with Crippen LogP contribution in [0.5, 0.6) is 6.01 Å². The standard InChI is InChI=1S/C29H40N8O3/c1-6-25(38)37-15-14-36(18-20(37)3)28-21-9-12-35(27-19(2)7-8-23(31)22(27)17-30)13-10-24(21)32-29(33-28)40-16-11-26(39)34(4)5/h6-8,17,20,30H,1,9-16,18,31H2,2-5H3/t20-/m1/s1. The molecule has 40 heavy (non-hydrogen) atoms. The summed E-state index contributed by atoms with van der Waals surface area (Å²) in [6.45, 7) is 11.1. The van der Waals surface area contributed by atoms with Crippen molar-refractivity contribution < 1.29 is 14.3 Å². The highest BCUT2D eigenvalue weighted by atomic mass is 16.5. The second kappa shape index (κ2) is 12.4. The third-order valence-corrected chi connectivity index (χ3v) is 7.64. The Bertz CT molecular complexity index is 1290. The first-order valence-electron chi connectivity index (χ1n) is 13.7. The van der Waals surface area contributed by atoms with Crippen molar-refractivity contribution in [2.75, 3.05) is 69.0 Å². The van der Waals surface area contributed by atoms with Crippen molar-refractivity contribution in [3.63, 3.8) is 0 Å². The number of amides is 2. The Morgan fingerprint density at radius 3 is 2.60 bits per heavy atom. The fourth-order valence-electron chi connectivity index (χ4n) is 5.46. The number of carbonyl (C=O) groups is 2. The van der Waals surface area contributed by atoms with Crippen LogP contribution in [-0.2, 0) is 22.4 Å². The lowest BCUT2D eigenvalue weighted by Gasteiger charge is -2.40. The maximum atomic E-state index is 12.3. The first-order valence-corrected chi connectivity index (χ1v) is 13.7. The quantitative estimate of drug-likeness (QED) is 0.291. The Hall–Kier alpha value is -4.15. The van der Waals surface area contributed by atoms with Crippen LogP contribution in [0.1, 0.15) is 35.7 Å². The van der Waals surface area contributed by atoms with Crippen LogP contribution in [0.15, 0.2) is 24.8 Å². The van der Waals surface area contributed by atoms with E-state index in [2.05, 4.69) is 16.4 Å². The van der Waals surface area contributed by atoms with Gasteiger partial charge in [-0.1, -0.05) is 12.6 Å². The molecule has 1 aromatic carbocycles. The molecule has 0 radical (unpaired) electrons. The Labute approximate surface area is 236 Å². The number of anilines is 3. The number of nitrogens with two attached hydrogens (primary N) is 1. The van der Waals surface area contributed by atoms with Crippen molar-refractivity contribution in [3.05, 3.63) is 47.2 Å². The number of nitrogens with one attached hydrogen (secondary N) is 1. The Morgan fingerprint density at radius 1 is 1.18 bits per heavy atom. The maximum Gasteiger partial charge on any atom is 0.318 e. The molecular formula is C29H40N8O3. The number of nitrogen functional groups attached to an aromatic ring is 1. The van der Waals surface area contributed by atoms with Gasteiger partial charge in [0.05, 0.1) is 17.8 Å². The Kier molecular flexibility index (Phi) is 8.91. The maximum absolute atomic E-state index is 12.3. The summed E-state index contributed by atoms with van der Waals surface area (Å²) in [5.41, 5.74) is 11.6. The van der Waals surface area contributed by atoms with E-state index in [1.165, 1.54) is 17.2 Å². The molecule has 1 aromatic heterocycles. The van der Waals surface area contributed by atoms with Crippen LogP contribution >= 0.6 is 0 Å². The highest BCUT2D eigenvalue weighted by Gasteiger charge is 2.31. The van der Waals surface area contributed by atoms with Crippen molar-refractivity contribution in [1.29, 1.82) is 5.41 Å². The highest BCUT2D eigenvalue weighted by Crippen LogP contribution is 2.33. The summed E-state index contributed by atoms with van der Waals surface area (Å²) in [6, 6.07) is 4.08.